The van der Waals surface area contributed by atoms with Crippen molar-refractivity contribution in [2.75, 3.05) is 37.2 Å². The molecule has 0 aromatic heterocycles. The van der Waals surface area contributed by atoms with Crippen molar-refractivity contribution in [3.63, 3.8) is 0 Å². The molecule has 2 saturated heterocycles. The van der Waals surface area contributed by atoms with E-state index in [9.17, 15) is 4.79 Å². The Bertz CT molecular complexity index is 476. The maximum Gasteiger partial charge on any atom is 0.321 e. The molecule has 2 amide bonds. The van der Waals surface area contributed by atoms with Crippen LogP contribution in [-0.2, 0) is 0 Å². The van der Waals surface area contributed by atoms with E-state index in [1.54, 1.807) is 6.07 Å². The highest BCUT2D eigenvalue weighted by Crippen LogP contribution is 2.22. The summed E-state index contributed by atoms with van der Waals surface area (Å²) in [5.41, 5.74) is 7.14. The van der Waals surface area contributed by atoms with E-state index in [-0.39, 0.29) is 6.03 Å². The zero-order valence-electron chi connectivity index (χ0n) is 11.0. The Morgan fingerprint density at radius 2 is 2.21 bits per heavy atom. The van der Waals surface area contributed by atoms with Crippen LogP contribution in [0.1, 0.15) is 12.8 Å². The summed E-state index contributed by atoms with van der Waals surface area (Å²) in [4.78, 5) is 16.6. The number of nitrogens with zero attached hydrogens (tertiary/aromatic N) is 2. The summed E-state index contributed by atoms with van der Waals surface area (Å²) in [5.74, 6) is 0. The van der Waals surface area contributed by atoms with E-state index in [0.717, 1.165) is 25.3 Å². The van der Waals surface area contributed by atoms with E-state index >= 15 is 0 Å². The first-order valence-corrected chi connectivity index (χ1v) is 6.88. The molecule has 1 unspecified atom stereocenters. The third-order valence-corrected chi connectivity index (χ3v) is 4.01. The fraction of sp³-hybridized carbons (Fsp3) is 0.500. The summed E-state index contributed by atoms with van der Waals surface area (Å²) in [6, 6.07) is 7.84. The first kappa shape index (κ1) is 12.3. The van der Waals surface area contributed by atoms with Gasteiger partial charge in [-0.05, 0) is 37.6 Å². The quantitative estimate of drug-likeness (QED) is 0.754. The van der Waals surface area contributed by atoms with E-state index in [4.69, 9.17) is 5.73 Å². The number of anilines is 2. The fourth-order valence-corrected chi connectivity index (χ4v) is 2.99. The molecule has 5 nitrogen and oxygen atoms in total. The van der Waals surface area contributed by atoms with Crippen LogP contribution in [0.2, 0.25) is 0 Å². The van der Waals surface area contributed by atoms with Crippen LogP contribution in [-0.4, -0.2) is 48.1 Å². The molecule has 0 bridgehead atoms. The van der Waals surface area contributed by atoms with Crippen LogP contribution in [0.4, 0.5) is 16.2 Å². The minimum absolute atomic E-state index is 0.0165. The Hall–Kier alpha value is -1.75. The van der Waals surface area contributed by atoms with Crippen molar-refractivity contribution < 1.29 is 4.79 Å². The second kappa shape index (κ2) is 5.09. The lowest BCUT2D eigenvalue weighted by atomic mass is 10.1. The molecule has 2 heterocycles. The minimum Gasteiger partial charge on any atom is -0.399 e. The number of hydrogen-bond donors (Lipinski definition) is 2. The van der Waals surface area contributed by atoms with Gasteiger partial charge in [-0.3, -0.25) is 4.90 Å². The third kappa shape index (κ3) is 2.66. The molecule has 0 radical (unpaired) electrons. The summed E-state index contributed by atoms with van der Waals surface area (Å²) < 4.78 is 0. The highest BCUT2D eigenvalue weighted by molar-refractivity contribution is 5.89. The summed E-state index contributed by atoms with van der Waals surface area (Å²) in [5, 5.41) is 2.92. The summed E-state index contributed by atoms with van der Waals surface area (Å²) >= 11 is 0. The van der Waals surface area contributed by atoms with Crippen LogP contribution in [0.25, 0.3) is 0 Å². The van der Waals surface area contributed by atoms with Gasteiger partial charge in [-0.25, -0.2) is 4.79 Å². The van der Waals surface area contributed by atoms with E-state index in [1.165, 1.54) is 19.4 Å². The summed E-state index contributed by atoms with van der Waals surface area (Å²) in [6.07, 6.45) is 2.47. The van der Waals surface area contributed by atoms with Gasteiger partial charge >= 0.3 is 6.03 Å². The minimum atomic E-state index is -0.0165. The second-order valence-corrected chi connectivity index (χ2v) is 5.33. The number of amides is 2. The maximum absolute atomic E-state index is 12.2. The fourth-order valence-electron chi connectivity index (χ4n) is 2.99. The van der Waals surface area contributed by atoms with Crippen molar-refractivity contribution in [2.45, 2.75) is 18.9 Å². The number of carbonyl (C=O) groups excluding carboxylic acids is 1. The molecular weight excluding hydrogens is 240 g/mol. The number of fused-ring (bicyclic) bond motifs is 1. The molecule has 2 fully saturated rings. The second-order valence-electron chi connectivity index (χ2n) is 5.33. The van der Waals surface area contributed by atoms with E-state index in [0.29, 0.717) is 11.7 Å². The SMILES string of the molecule is Nc1cccc(NC(=O)N2CCN3CCCC3C2)c1. The van der Waals surface area contributed by atoms with Crippen molar-refractivity contribution in [3.8, 4) is 0 Å². The number of nitrogens with two attached hydrogens (primary N) is 1. The van der Waals surface area contributed by atoms with Gasteiger partial charge in [-0.1, -0.05) is 6.07 Å². The van der Waals surface area contributed by atoms with Gasteiger partial charge < -0.3 is 16.0 Å². The lowest BCUT2D eigenvalue weighted by Gasteiger charge is -2.37. The molecule has 1 aromatic carbocycles. The molecule has 0 saturated carbocycles. The Balaban J connectivity index is 1.61. The Morgan fingerprint density at radius 3 is 3.05 bits per heavy atom. The Morgan fingerprint density at radius 1 is 1.32 bits per heavy atom. The average molecular weight is 260 g/mol. The van der Waals surface area contributed by atoms with Gasteiger partial charge in [0.15, 0.2) is 0 Å². The largest absolute Gasteiger partial charge is 0.399 e. The molecule has 0 aliphatic carbocycles. The molecule has 3 rings (SSSR count). The van der Waals surface area contributed by atoms with E-state index < -0.39 is 0 Å². The Kier molecular flexibility index (Phi) is 3.29. The lowest BCUT2D eigenvalue weighted by Crippen LogP contribution is -2.53. The predicted molar refractivity (Wildman–Crippen MR) is 76.0 cm³/mol. The number of hydrogen-bond acceptors (Lipinski definition) is 3. The summed E-state index contributed by atoms with van der Waals surface area (Å²) in [6.45, 7) is 3.84. The van der Waals surface area contributed by atoms with Crippen LogP contribution >= 0.6 is 0 Å². The Labute approximate surface area is 113 Å². The van der Waals surface area contributed by atoms with Crippen molar-refractivity contribution in [3.05, 3.63) is 24.3 Å². The average Bonchev–Trinajstić information content (AvgIpc) is 2.85. The van der Waals surface area contributed by atoms with Crippen LogP contribution in [0.3, 0.4) is 0 Å². The van der Waals surface area contributed by atoms with Crippen LogP contribution in [0.5, 0.6) is 0 Å². The van der Waals surface area contributed by atoms with Crippen molar-refractivity contribution in [1.82, 2.24) is 9.80 Å². The van der Waals surface area contributed by atoms with Crippen LogP contribution < -0.4 is 11.1 Å². The monoisotopic (exact) mass is 260 g/mol. The van der Waals surface area contributed by atoms with Gasteiger partial charge in [0.1, 0.15) is 0 Å². The van der Waals surface area contributed by atoms with E-state index in [2.05, 4.69) is 10.2 Å². The molecule has 1 aromatic rings. The zero-order valence-corrected chi connectivity index (χ0v) is 11.0. The molecule has 3 N–H and O–H groups in total. The molecule has 2 aliphatic rings. The molecule has 19 heavy (non-hydrogen) atoms. The summed E-state index contributed by atoms with van der Waals surface area (Å²) in [7, 11) is 0. The number of rotatable bonds is 1. The maximum atomic E-state index is 12.2. The smallest absolute Gasteiger partial charge is 0.321 e. The number of nitrogens with one attached hydrogen (secondary N) is 1. The molecule has 2 aliphatic heterocycles. The van der Waals surface area contributed by atoms with Gasteiger partial charge in [0.05, 0.1) is 0 Å². The number of benzene rings is 1. The normalized spacial score (nSPS) is 23.2. The first-order chi connectivity index (χ1) is 9.22. The lowest BCUT2D eigenvalue weighted by molar-refractivity contribution is 0.124. The number of urea groups is 1. The zero-order chi connectivity index (χ0) is 13.2. The third-order valence-electron chi connectivity index (χ3n) is 4.01. The number of nitrogen functional groups attached to an aromatic ring is 1. The number of carbonyl (C=O) groups is 1. The molecule has 1 atom stereocenters. The molecular formula is C14H20N4O. The van der Waals surface area contributed by atoms with E-state index in [1.807, 2.05) is 23.1 Å². The highest BCUT2D eigenvalue weighted by Gasteiger charge is 2.32. The van der Waals surface area contributed by atoms with Gasteiger partial charge in [0.2, 0.25) is 0 Å². The standard InChI is InChI=1S/C14H20N4O/c15-11-3-1-4-12(9-11)16-14(19)18-8-7-17-6-2-5-13(17)10-18/h1,3-4,9,13H,2,5-8,10,15H2,(H,16,19). The van der Waals surface area contributed by atoms with Crippen LogP contribution in [0, 0.1) is 0 Å². The molecule has 102 valence electrons. The molecule has 5 heteroatoms. The first-order valence-electron chi connectivity index (χ1n) is 6.88. The van der Waals surface area contributed by atoms with Crippen molar-refractivity contribution in [2.24, 2.45) is 0 Å². The van der Waals surface area contributed by atoms with Gasteiger partial charge in [0, 0.05) is 37.1 Å². The van der Waals surface area contributed by atoms with Gasteiger partial charge in [0.25, 0.3) is 0 Å². The van der Waals surface area contributed by atoms with Crippen LogP contribution in [0.15, 0.2) is 24.3 Å². The highest BCUT2D eigenvalue weighted by atomic mass is 16.2. The van der Waals surface area contributed by atoms with Crippen molar-refractivity contribution >= 4 is 17.4 Å². The topological polar surface area (TPSA) is 61.6 Å². The molecule has 0 spiro atoms. The predicted octanol–water partition coefficient (Wildman–Crippen LogP) is 1.58. The van der Waals surface area contributed by atoms with Crippen molar-refractivity contribution in [1.29, 1.82) is 0 Å². The number of piperazine rings is 1. The van der Waals surface area contributed by atoms with Gasteiger partial charge in [-0.2, -0.15) is 0 Å². The van der Waals surface area contributed by atoms with Gasteiger partial charge in [-0.15, -0.1) is 0 Å².